The molecule has 1 aliphatic rings. The molecule has 4 atom stereocenters. The maximum Gasteiger partial charge on any atom is 0.224 e. The number of hydrogen-bond donors (Lipinski definition) is 4. The summed E-state index contributed by atoms with van der Waals surface area (Å²) in [6.45, 7) is 0.738. The molecular weight excluding hydrogens is 319 g/mol. The fraction of sp³-hybridized carbons (Fsp3) is 0.500. The molecule has 1 fully saturated rings. The van der Waals surface area contributed by atoms with Gasteiger partial charge < -0.3 is 30.6 Å². The molecule has 10 heteroatoms. The van der Waals surface area contributed by atoms with Crippen molar-refractivity contribution in [2.24, 2.45) is 0 Å². The van der Waals surface area contributed by atoms with Crippen LogP contribution in [0, 0.1) is 0 Å². The summed E-state index contributed by atoms with van der Waals surface area (Å²) >= 11 is 0. The molecule has 24 heavy (non-hydrogen) atoms. The fourth-order valence-electron chi connectivity index (χ4n) is 2.70. The quantitative estimate of drug-likeness (QED) is 0.610. The fourth-order valence-corrected chi connectivity index (χ4v) is 2.70. The molecular formula is C14H19FN6O3. The summed E-state index contributed by atoms with van der Waals surface area (Å²) < 4.78 is 21.6. The minimum Gasteiger partial charge on any atom is -0.394 e. The Hall–Kier alpha value is -2.30. The number of aliphatic hydroxyl groups is 2. The van der Waals surface area contributed by atoms with E-state index in [4.69, 9.17) is 10.5 Å². The summed E-state index contributed by atoms with van der Waals surface area (Å²) in [7, 11) is 1.67. The zero-order valence-electron chi connectivity index (χ0n) is 13.2. The van der Waals surface area contributed by atoms with Gasteiger partial charge in [-0.2, -0.15) is 4.98 Å². The Balaban J connectivity index is 1.91. The van der Waals surface area contributed by atoms with E-state index in [1.165, 1.54) is 30.2 Å². The molecule has 0 saturated carbocycles. The highest BCUT2D eigenvalue weighted by molar-refractivity contribution is 5.70. The molecule has 1 aliphatic heterocycles. The molecule has 1 saturated heterocycles. The summed E-state index contributed by atoms with van der Waals surface area (Å²) in [5.41, 5.74) is 4.74. The van der Waals surface area contributed by atoms with Crippen LogP contribution < -0.4 is 11.1 Å². The average Bonchev–Trinajstić information content (AvgIpc) is 3.11. The SMILES string of the molecule is CNc1ncc(-c2cn([C@@H]3O[C@H](CO)[C@@H](O)[C@@]3(C)F)cn2)c(N)n1. The predicted octanol–water partition coefficient (Wildman–Crippen LogP) is -0.0572. The van der Waals surface area contributed by atoms with Crippen LogP contribution in [0.25, 0.3) is 11.3 Å². The highest BCUT2D eigenvalue weighted by atomic mass is 19.1. The van der Waals surface area contributed by atoms with Gasteiger partial charge in [-0.25, -0.2) is 14.4 Å². The van der Waals surface area contributed by atoms with Crippen molar-refractivity contribution in [3.05, 3.63) is 18.7 Å². The Labute approximate surface area is 137 Å². The Morgan fingerprint density at radius 2 is 2.25 bits per heavy atom. The van der Waals surface area contributed by atoms with Crippen molar-refractivity contribution >= 4 is 11.8 Å². The third kappa shape index (κ3) is 2.58. The number of hydrogen-bond acceptors (Lipinski definition) is 8. The Bertz CT molecular complexity index is 737. The minimum atomic E-state index is -2.08. The van der Waals surface area contributed by atoms with Gasteiger partial charge in [-0.05, 0) is 6.92 Å². The van der Waals surface area contributed by atoms with Crippen LogP contribution in [0.1, 0.15) is 13.2 Å². The summed E-state index contributed by atoms with van der Waals surface area (Å²) in [5, 5.41) is 21.9. The van der Waals surface area contributed by atoms with Crippen LogP contribution in [0.4, 0.5) is 16.2 Å². The van der Waals surface area contributed by atoms with Crippen molar-refractivity contribution in [1.82, 2.24) is 19.5 Å². The van der Waals surface area contributed by atoms with Crippen LogP contribution in [0.2, 0.25) is 0 Å². The summed E-state index contributed by atoms with van der Waals surface area (Å²) in [6, 6.07) is 0. The van der Waals surface area contributed by atoms with Crippen LogP contribution in [0.5, 0.6) is 0 Å². The van der Waals surface area contributed by atoms with Crippen molar-refractivity contribution in [2.45, 2.75) is 31.0 Å². The Kier molecular flexibility index (Phi) is 4.11. The second-order valence-electron chi connectivity index (χ2n) is 5.75. The highest BCUT2D eigenvalue weighted by Gasteiger charge is 2.54. The minimum absolute atomic E-state index is 0.225. The molecule has 3 rings (SSSR count). The number of nitrogen functional groups attached to an aromatic ring is 1. The van der Waals surface area contributed by atoms with E-state index < -0.39 is 30.7 Å². The van der Waals surface area contributed by atoms with Gasteiger partial charge in [0.2, 0.25) is 5.95 Å². The van der Waals surface area contributed by atoms with Gasteiger partial charge >= 0.3 is 0 Å². The Morgan fingerprint density at radius 3 is 2.83 bits per heavy atom. The number of anilines is 2. The van der Waals surface area contributed by atoms with Gasteiger partial charge in [0.25, 0.3) is 0 Å². The summed E-state index contributed by atoms with van der Waals surface area (Å²) in [6.07, 6.45) is 0.847. The van der Waals surface area contributed by atoms with E-state index >= 15 is 0 Å². The molecule has 3 heterocycles. The van der Waals surface area contributed by atoms with Gasteiger partial charge in [-0.1, -0.05) is 0 Å². The van der Waals surface area contributed by atoms with Gasteiger partial charge in [0.1, 0.15) is 18.0 Å². The van der Waals surface area contributed by atoms with Crippen molar-refractivity contribution < 1.29 is 19.3 Å². The zero-order chi connectivity index (χ0) is 17.5. The molecule has 0 amide bonds. The number of aliphatic hydroxyl groups excluding tert-OH is 2. The summed E-state index contributed by atoms with van der Waals surface area (Å²) in [4.78, 5) is 12.3. The second kappa shape index (κ2) is 5.96. The molecule has 0 radical (unpaired) electrons. The van der Waals surface area contributed by atoms with E-state index in [1.54, 1.807) is 7.05 Å². The molecule has 2 aromatic heterocycles. The number of ether oxygens (including phenoxy) is 1. The third-order valence-electron chi connectivity index (χ3n) is 4.09. The van der Waals surface area contributed by atoms with Gasteiger partial charge in [-0.3, -0.25) is 0 Å². The van der Waals surface area contributed by atoms with Crippen molar-refractivity contribution in [2.75, 3.05) is 24.7 Å². The highest BCUT2D eigenvalue weighted by Crippen LogP contribution is 2.41. The van der Waals surface area contributed by atoms with Crippen LogP contribution >= 0.6 is 0 Å². The third-order valence-corrected chi connectivity index (χ3v) is 4.09. The van der Waals surface area contributed by atoms with E-state index in [0.29, 0.717) is 17.2 Å². The monoisotopic (exact) mass is 338 g/mol. The number of nitrogens with zero attached hydrogens (tertiary/aromatic N) is 4. The van der Waals surface area contributed by atoms with E-state index in [-0.39, 0.29) is 5.82 Å². The number of imidazole rings is 1. The molecule has 0 aliphatic carbocycles. The predicted molar refractivity (Wildman–Crippen MR) is 83.7 cm³/mol. The number of halogens is 1. The molecule has 0 aromatic carbocycles. The first-order valence-corrected chi connectivity index (χ1v) is 7.36. The maximum atomic E-state index is 14.8. The van der Waals surface area contributed by atoms with E-state index in [0.717, 1.165) is 0 Å². The van der Waals surface area contributed by atoms with E-state index in [1.807, 2.05) is 0 Å². The van der Waals surface area contributed by atoms with Crippen molar-refractivity contribution in [1.29, 1.82) is 0 Å². The van der Waals surface area contributed by atoms with E-state index in [2.05, 4.69) is 20.3 Å². The second-order valence-corrected chi connectivity index (χ2v) is 5.75. The topological polar surface area (TPSA) is 131 Å². The lowest BCUT2D eigenvalue weighted by Gasteiger charge is -2.24. The van der Waals surface area contributed by atoms with Gasteiger partial charge in [0.05, 0.1) is 24.2 Å². The summed E-state index contributed by atoms with van der Waals surface area (Å²) in [5.74, 6) is 0.600. The van der Waals surface area contributed by atoms with Crippen LogP contribution in [-0.2, 0) is 4.74 Å². The number of aromatic nitrogens is 4. The molecule has 0 bridgehead atoms. The van der Waals surface area contributed by atoms with Crippen molar-refractivity contribution in [3.63, 3.8) is 0 Å². The van der Waals surface area contributed by atoms with Crippen LogP contribution in [-0.4, -0.2) is 61.3 Å². The molecule has 2 aromatic rings. The van der Waals surface area contributed by atoms with Gasteiger partial charge in [-0.15, -0.1) is 0 Å². The first kappa shape index (κ1) is 16.6. The normalized spacial score (nSPS) is 29.8. The van der Waals surface area contributed by atoms with Crippen molar-refractivity contribution in [3.8, 4) is 11.3 Å². The average molecular weight is 338 g/mol. The lowest BCUT2D eigenvalue weighted by molar-refractivity contribution is -0.0586. The zero-order valence-corrected chi connectivity index (χ0v) is 13.2. The molecule has 0 spiro atoms. The molecule has 5 N–H and O–H groups in total. The first-order chi connectivity index (χ1) is 11.4. The smallest absolute Gasteiger partial charge is 0.224 e. The standard InChI is InChI=1S/C14H19FN6O3/c1-14(15)10(23)9(5-22)24-12(14)21-4-8(19-6-21)7-3-18-13(17-2)20-11(7)16/h3-4,6,9-10,12,22-23H,5H2,1-2H3,(H3,16,17,18,20)/t9-,10-,12-,14-/m1/s1. The van der Waals surface area contributed by atoms with Crippen LogP contribution in [0.3, 0.4) is 0 Å². The number of nitrogens with one attached hydrogen (secondary N) is 1. The Morgan fingerprint density at radius 1 is 1.50 bits per heavy atom. The number of nitrogens with two attached hydrogens (primary N) is 1. The number of alkyl halides is 1. The first-order valence-electron chi connectivity index (χ1n) is 7.36. The molecule has 0 unspecified atom stereocenters. The molecule has 9 nitrogen and oxygen atoms in total. The maximum absolute atomic E-state index is 14.8. The number of rotatable bonds is 4. The molecule has 130 valence electrons. The van der Waals surface area contributed by atoms with Gasteiger partial charge in [0.15, 0.2) is 11.9 Å². The van der Waals surface area contributed by atoms with Crippen LogP contribution in [0.15, 0.2) is 18.7 Å². The van der Waals surface area contributed by atoms with Gasteiger partial charge in [0, 0.05) is 19.4 Å². The lowest BCUT2D eigenvalue weighted by atomic mass is 9.99. The lowest BCUT2D eigenvalue weighted by Crippen LogP contribution is -2.40. The van der Waals surface area contributed by atoms with E-state index in [9.17, 15) is 14.6 Å². The largest absolute Gasteiger partial charge is 0.394 e.